The molecule has 0 amide bonds. The zero-order chi connectivity index (χ0) is 16.4. The molecule has 1 aromatic heterocycles. The molecule has 0 N–H and O–H groups in total. The number of carbonyl (C=O) groups is 1. The molecule has 0 aliphatic rings. The van der Waals surface area contributed by atoms with Gasteiger partial charge in [-0.15, -0.1) is 0 Å². The number of ether oxygens (including phenoxy) is 2. The second kappa shape index (κ2) is 6.48. The molecule has 2 aromatic carbocycles. The number of halogens is 2. The normalized spacial score (nSPS) is 10.7. The third kappa shape index (κ3) is 3.25. The van der Waals surface area contributed by atoms with Gasteiger partial charge >= 0.3 is 5.97 Å². The second-order valence-electron chi connectivity index (χ2n) is 4.62. The van der Waals surface area contributed by atoms with Crippen molar-refractivity contribution in [3.8, 4) is 5.75 Å². The smallest absolute Gasteiger partial charge is 0.338 e. The first-order valence-corrected chi connectivity index (χ1v) is 7.38. The maximum absolute atomic E-state index is 12.1. The van der Waals surface area contributed by atoms with Gasteiger partial charge in [0.05, 0.1) is 22.7 Å². The first-order chi connectivity index (χ1) is 11.1. The molecule has 23 heavy (non-hydrogen) atoms. The van der Waals surface area contributed by atoms with Gasteiger partial charge in [0.25, 0.3) is 0 Å². The number of fused-ring (bicyclic) bond motifs is 1. The third-order valence-electron chi connectivity index (χ3n) is 3.10. The highest BCUT2D eigenvalue weighted by atomic mass is 35.5. The quantitative estimate of drug-likeness (QED) is 0.647. The van der Waals surface area contributed by atoms with Gasteiger partial charge in [-0.1, -0.05) is 35.3 Å². The number of nitrogens with zero attached hydrogens (tertiary/aromatic N) is 1. The van der Waals surface area contributed by atoms with Crippen molar-refractivity contribution in [1.82, 2.24) is 4.98 Å². The van der Waals surface area contributed by atoms with Crippen LogP contribution in [0, 0.1) is 0 Å². The molecule has 0 fully saturated rings. The fourth-order valence-electron chi connectivity index (χ4n) is 2.07. The summed E-state index contributed by atoms with van der Waals surface area (Å²) in [5.41, 5.74) is 1.56. The van der Waals surface area contributed by atoms with Crippen LogP contribution in [-0.4, -0.2) is 18.1 Å². The maximum atomic E-state index is 12.1. The van der Waals surface area contributed by atoms with Crippen LogP contribution in [0.1, 0.15) is 16.2 Å². The van der Waals surface area contributed by atoms with Crippen molar-refractivity contribution in [2.24, 2.45) is 0 Å². The minimum Gasteiger partial charge on any atom is -0.494 e. The number of esters is 1. The van der Waals surface area contributed by atoms with E-state index in [1.54, 1.807) is 6.07 Å². The Morgan fingerprint density at radius 3 is 2.57 bits per heavy atom. The monoisotopic (exact) mass is 351 g/mol. The Balaban J connectivity index is 1.74. The Bertz CT molecular complexity index is 819. The number of hydrogen-bond acceptors (Lipinski definition) is 5. The van der Waals surface area contributed by atoms with E-state index >= 15 is 0 Å². The minimum atomic E-state index is -0.585. The molecular weight excluding hydrogens is 341 g/mol. The highest BCUT2D eigenvalue weighted by Crippen LogP contribution is 2.34. The van der Waals surface area contributed by atoms with E-state index < -0.39 is 5.97 Å². The summed E-state index contributed by atoms with van der Waals surface area (Å²) in [6, 6.07) is 10.2. The lowest BCUT2D eigenvalue weighted by atomic mass is 10.2. The Morgan fingerprint density at radius 2 is 1.91 bits per heavy atom. The van der Waals surface area contributed by atoms with Gasteiger partial charge in [-0.05, 0) is 24.3 Å². The zero-order valence-corrected chi connectivity index (χ0v) is 13.5. The standard InChI is InChI=1S/C16H11Cl2NO4/c1-21-15-10(17)6-9(7-11(15)18)16(20)22-8-14-19-12-4-2-3-5-13(12)23-14/h2-7H,8H2,1H3. The first-order valence-electron chi connectivity index (χ1n) is 6.63. The predicted octanol–water partition coefficient (Wildman–Crippen LogP) is 4.50. The van der Waals surface area contributed by atoms with E-state index in [-0.39, 0.29) is 22.2 Å². The van der Waals surface area contributed by atoms with Gasteiger partial charge in [0.1, 0.15) is 5.52 Å². The Morgan fingerprint density at radius 1 is 1.22 bits per heavy atom. The van der Waals surface area contributed by atoms with E-state index in [1.807, 2.05) is 18.2 Å². The SMILES string of the molecule is COc1c(Cl)cc(C(=O)OCc2nc3ccccc3o2)cc1Cl. The largest absolute Gasteiger partial charge is 0.494 e. The van der Waals surface area contributed by atoms with Crippen LogP contribution < -0.4 is 4.74 Å². The molecule has 0 bridgehead atoms. The lowest BCUT2D eigenvalue weighted by Gasteiger charge is -2.08. The van der Waals surface area contributed by atoms with Crippen LogP contribution in [0.5, 0.6) is 5.75 Å². The number of rotatable bonds is 4. The van der Waals surface area contributed by atoms with Gasteiger partial charge in [-0.2, -0.15) is 0 Å². The van der Waals surface area contributed by atoms with E-state index in [0.717, 1.165) is 0 Å². The van der Waals surface area contributed by atoms with E-state index in [4.69, 9.17) is 37.1 Å². The summed E-state index contributed by atoms with van der Waals surface area (Å²) in [6.45, 7) is -0.0885. The molecule has 1 heterocycles. The van der Waals surface area contributed by atoms with Crippen LogP contribution in [-0.2, 0) is 11.3 Å². The molecular formula is C16H11Cl2NO4. The molecule has 0 aliphatic heterocycles. The van der Waals surface area contributed by atoms with Gasteiger partial charge in [0, 0.05) is 0 Å². The molecule has 0 spiro atoms. The molecule has 7 heteroatoms. The molecule has 3 rings (SSSR count). The van der Waals surface area contributed by atoms with Crippen molar-refractivity contribution in [2.45, 2.75) is 6.61 Å². The summed E-state index contributed by atoms with van der Waals surface area (Å²) < 4.78 is 15.7. The van der Waals surface area contributed by atoms with Crippen molar-refractivity contribution < 1.29 is 18.7 Å². The molecule has 0 saturated carbocycles. The molecule has 0 radical (unpaired) electrons. The minimum absolute atomic E-state index is 0.0885. The molecule has 5 nitrogen and oxygen atoms in total. The van der Waals surface area contributed by atoms with Crippen molar-refractivity contribution in [3.05, 3.63) is 57.9 Å². The topological polar surface area (TPSA) is 61.6 Å². The van der Waals surface area contributed by atoms with Crippen LogP contribution in [0.15, 0.2) is 40.8 Å². The second-order valence-corrected chi connectivity index (χ2v) is 5.44. The summed E-state index contributed by atoms with van der Waals surface area (Å²) in [4.78, 5) is 16.3. The number of benzene rings is 2. The van der Waals surface area contributed by atoms with Crippen molar-refractivity contribution in [1.29, 1.82) is 0 Å². The Hall–Kier alpha value is -2.24. The summed E-state index contributed by atoms with van der Waals surface area (Å²) in [7, 11) is 1.44. The molecule has 3 aromatic rings. The number of hydrogen-bond donors (Lipinski definition) is 0. The van der Waals surface area contributed by atoms with Crippen molar-refractivity contribution >= 4 is 40.3 Å². The van der Waals surface area contributed by atoms with Gasteiger partial charge in [-0.3, -0.25) is 0 Å². The summed E-state index contributed by atoms with van der Waals surface area (Å²) >= 11 is 12.0. The van der Waals surface area contributed by atoms with Crippen molar-refractivity contribution in [2.75, 3.05) is 7.11 Å². The molecule has 0 saturated heterocycles. The number of oxazole rings is 1. The lowest BCUT2D eigenvalue weighted by molar-refractivity contribution is 0.0440. The Kier molecular flexibility index (Phi) is 4.41. The summed E-state index contributed by atoms with van der Waals surface area (Å²) in [6.07, 6.45) is 0. The Labute approximate surface area is 141 Å². The molecule has 0 unspecified atom stereocenters. The number of carbonyl (C=O) groups excluding carboxylic acids is 1. The van der Waals surface area contributed by atoms with E-state index in [0.29, 0.717) is 22.7 Å². The van der Waals surface area contributed by atoms with Crippen LogP contribution in [0.4, 0.5) is 0 Å². The fourth-order valence-corrected chi connectivity index (χ4v) is 2.71. The molecule has 118 valence electrons. The number of methoxy groups -OCH3 is 1. The predicted molar refractivity (Wildman–Crippen MR) is 86.1 cm³/mol. The third-order valence-corrected chi connectivity index (χ3v) is 3.66. The van der Waals surface area contributed by atoms with Gasteiger partial charge in [-0.25, -0.2) is 9.78 Å². The highest BCUT2D eigenvalue weighted by Gasteiger charge is 2.16. The average molecular weight is 352 g/mol. The van der Waals surface area contributed by atoms with Gasteiger partial charge in [0.2, 0.25) is 5.89 Å². The van der Waals surface area contributed by atoms with E-state index in [1.165, 1.54) is 19.2 Å². The highest BCUT2D eigenvalue weighted by molar-refractivity contribution is 6.37. The average Bonchev–Trinajstić information content (AvgIpc) is 2.95. The number of para-hydroxylation sites is 2. The van der Waals surface area contributed by atoms with E-state index in [9.17, 15) is 4.79 Å². The van der Waals surface area contributed by atoms with Gasteiger partial charge in [0.15, 0.2) is 17.9 Å². The fraction of sp³-hybridized carbons (Fsp3) is 0.125. The summed E-state index contributed by atoms with van der Waals surface area (Å²) in [5, 5.41) is 0.461. The van der Waals surface area contributed by atoms with Crippen LogP contribution >= 0.6 is 23.2 Å². The van der Waals surface area contributed by atoms with Gasteiger partial charge < -0.3 is 13.9 Å². The van der Waals surface area contributed by atoms with Crippen LogP contribution in [0.3, 0.4) is 0 Å². The van der Waals surface area contributed by atoms with Crippen LogP contribution in [0.25, 0.3) is 11.1 Å². The zero-order valence-electron chi connectivity index (χ0n) is 12.0. The number of aromatic nitrogens is 1. The van der Waals surface area contributed by atoms with Crippen LogP contribution in [0.2, 0.25) is 10.0 Å². The lowest BCUT2D eigenvalue weighted by Crippen LogP contribution is -2.06. The van der Waals surface area contributed by atoms with Crippen molar-refractivity contribution in [3.63, 3.8) is 0 Å². The molecule has 0 aliphatic carbocycles. The molecule has 0 atom stereocenters. The maximum Gasteiger partial charge on any atom is 0.338 e. The first kappa shape index (κ1) is 15.6. The van der Waals surface area contributed by atoms with E-state index in [2.05, 4.69) is 4.98 Å². The summed E-state index contributed by atoms with van der Waals surface area (Å²) in [5.74, 6) is 0.0350.